The summed E-state index contributed by atoms with van der Waals surface area (Å²) in [5.74, 6) is 2.31. The zero-order valence-corrected chi connectivity index (χ0v) is 14.8. The van der Waals surface area contributed by atoms with Gasteiger partial charge in [-0.3, -0.25) is 0 Å². The lowest BCUT2D eigenvalue weighted by Gasteiger charge is -2.29. The molecule has 0 spiro atoms. The highest BCUT2D eigenvalue weighted by Gasteiger charge is 2.66. The Morgan fingerprint density at radius 1 is 1.29 bits per heavy atom. The number of hydrogen-bond acceptors (Lipinski definition) is 4. The lowest BCUT2D eigenvalue weighted by molar-refractivity contribution is 0.00767. The van der Waals surface area contributed by atoms with Crippen LogP contribution >= 0.6 is 0 Å². The van der Waals surface area contributed by atoms with Crippen molar-refractivity contribution in [3.63, 3.8) is 0 Å². The van der Waals surface area contributed by atoms with E-state index in [4.69, 9.17) is 4.74 Å². The first-order valence-corrected chi connectivity index (χ1v) is 9.36. The molecule has 0 radical (unpaired) electrons. The highest BCUT2D eigenvalue weighted by atomic mass is 19.1. The fraction of sp³-hybridized carbons (Fsp3) is 0.789. The predicted octanol–water partition coefficient (Wildman–Crippen LogP) is 3.32. The summed E-state index contributed by atoms with van der Waals surface area (Å²) in [6.07, 6.45) is 7.38. The number of nitrogens with zero attached hydrogens (tertiary/aromatic N) is 2. The number of aromatic nitrogens is 2. The van der Waals surface area contributed by atoms with Crippen LogP contribution in [0.25, 0.3) is 0 Å². The summed E-state index contributed by atoms with van der Waals surface area (Å²) < 4.78 is 19.4. The molecule has 2 saturated carbocycles. The molecule has 7 atom stereocenters. The number of nitrogens with one attached hydrogen (secondary N) is 1. The summed E-state index contributed by atoms with van der Waals surface area (Å²) in [4.78, 5) is 8.56. The number of halogens is 1. The molecule has 4 rings (SSSR count). The standard InChI is InChI=1S/C19H28FN3O.H2/c1-11-6-12(2)23-17(11)10-24-15-4-5-19(13(3)16(19)7-15)18-21-8-14(20)9-22-18;/h8-9,11-13,15-17,23H,4-7,10H2,1-3H3;1H/t11-,12+,13?,15-,16?,17-,19+;/m0./s1. The van der Waals surface area contributed by atoms with Gasteiger partial charge in [0.2, 0.25) is 0 Å². The Morgan fingerprint density at radius 2 is 2.04 bits per heavy atom. The van der Waals surface area contributed by atoms with E-state index in [0.717, 1.165) is 31.7 Å². The van der Waals surface area contributed by atoms with Crippen molar-refractivity contribution in [1.29, 1.82) is 0 Å². The summed E-state index contributed by atoms with van der Waals surface area (Å²) >= 11 is 0. The summed E-state index contributed by atoms with van der Waals surface area (Å²) in [5, 5.41) is 3.63. The van der Waals surface area contributed by atoms with Crippen LogP contribution in [0.5, 0.6) is 0 Å². The van der Waals surface area contributed by atoms with Gasteiger partial charge in [-0.15, -0.1) is 0 Å². The molecule has 1 aromatic heterocycles. The summed E-state index contributed by atoms with van der Waals surface area (Å²) in [6, 6.07) is 1.09. The Hall–Kier alpha value is -1.07. The largest absolute Gasteiger partial charge is 0.377 e. The molecule has 0 bridgehead atoms. The van der Waals surface area contributed by atoms with E-state index >= 15 is 0 Å². The molecule has 2 unspecified atom stereocenters. The quantitative estimate of drug-likeness (QED) is 0.917. The molecule has 3 fully saturated rings. The maximum absolute atomic E-state index is 13.1. The normalized spacial score (nSPS) is 44.3. The van der Waals surface area contributed by atoms with Gasteiger partial charge in [0.05, 0.1) is 25.1 Å². The van der Waals surface area contributed by atoms with Crippen molar-refractivity contribution in [2.24, 2.45) is 17.8 Å². The van der Waals surface area contributed by atoms with Gasteiger partial charge in [-0.1, -0.05) is 13.8 Å². The van der Waals surface area contributed by atoms with Crippen LogP contribution in [0.15, 0.2) is 12.4 Å². The predicted molar refractivity (Wildman–Crippen MR) is 92.2 cm³/mol. The van der Waals surface area contributed by atoms with E-state index in [9.17, 15) is 4.39 Å². The Kier molecular flexibility index (Phi) is 4.12. The van der Waals surface area contributed by atoms with Gasteiger partial charge in [0.25, 0.3) is 0 Å². The number of rotatable bonds is 4. The van der Waals surface area contributed by atoms with Gasteiger partial charge in [0.15, 0.2) is 5.82 Å². The second kappa shape index (κ2) is 6.03. The monoisotopic (exact) mass is 335 g/mol. The molecule has 0 aromatic carbocycles. The molecule has 0 amide bonds. The van der Waals surface area contributed by atoms with Gasteiger partial charge in [-0.05, 0) is 50.4 Å². The van der Waals surface area contributed by atoms with E-state index in [2.05, 4.69) is 36.1 Å². The van der Waals surface area contributed by atoms with Gasteiger partial charge in [0.1, 0.15) is 5.82 Å². The second-order valence-corrected chi connectivity index (χ2v) is 8.28. The zero-order valence-electron chi connectivity index (χ0n) is 14.8. The van der Waals surface area contributed by atoms with Crippen LogP contribution in [-0.2, 0) is 10.2 Å². The average molecular weight is 335 g/mol. The molecule has 1 saturated heterocycles. The fourth-order valence-corrected chi connectivity index (χ4v) is 5.31. The molecule has 5 heteroatoms. The molecule has 4 nitrogen and oxygen atoms in total. The highest BCUT2D eigenvalue weighted by Crippen LogP contribution is 2.66. The summed E-state index contributed by atoms with van der Waals surface area (Å²) in [7, 11) is 0. The highest BCUT2D eigenvalue weighted by molar-refractivity contribution is 5.28. The van der Waals surface area contributed by atoms with Gasteiger partial charge in [-0.25, -0.2) is 14.4 Å². The summed E-state index contributed by atoms with van der Waals surface area (Å²) in [6.45, 7) is 7.66. The first-order valence-electron chi connectivity index (χ1n) is 9.36. The van der Waals surface area contributed by atoms with E-state index < -0.39 is 0 Å². The Morgan fingerprint density at radius 3 is 2.67 bits per heavy atom. The fourth-order valence-electron chi connectivity index (χ4n) is 5.31. The minimum absolute atomic E-state index is 0. The molecule has 24 heavy (non-hydrogen) atoms. The van der Waals surface area contributed by atoms with E-state index in [0.29, 0.717) is 35.9 Å². The van der Waals surface area contributed by atoms with Crippen molar-refractivity contribution in [1.82, 2.24) is 15.3 Å². The summed E-state index contributed by atoms with van der Waals surface area (Å²) in [5.41, 5.74) is 0.0704. The number of fused-ring (bicyclic) bond motifs is 1. The van der Waals surface area contributed by atoms with Crippen molar-refractivity contribution >= 4 is 0 Å². The minimum Gasteiger partial charge on any atom is -0.377 e. The number of ether oxygens (including phenoxy) is 1. The van der Waals surface area contributed by atoms with Crippen molar-refractivity contribution in [3.05, 3.63) is 24.0 Å². The second-order valence-electron chi connectivity index (χ2n) is 8.28. The molecule has 2 aliphatic carbocycles. The lowest BCUT2D eigenvalue weighted by Crippen LogP contribution is -2.36. The molecule has 3 aliphatic rings. The maximum Gasteiger partial charge on any atom is 0.159 e. The molecule has 134 valence electrons. The van der Waals surface area contributed by atoms with Gasteiger partial charge < -0.3 is 10.1 Å². The van der Waals surface area contributed by atoms with E-state index in [1.807, 2.05) is 0 Å². The SMILES string of the molecule is CC1C2C[C@@H](OC[C@@H]3N[C@H](C)C[C@@H]3C)CC[C@@]12c1ncc(F)cn1.[HH]. The molecule has 1 aromatic rings. The number of hydrogen-bond donors (Lipinski definition) is 1. The van der Waals surface area contributed by atoms with Crippen LogP contribution in [0.4, 0.5) is 4.39 Å². The third kappa shape index (κ3) is 2.66. The van der Waals surface area contributed by atoms with Crippen molar-refractivity contribution in [2.75, 3.05) is 6.61 Å². The Balaban J connectivity index is 0.00000182. The van der Waals surface area contributed by atoms with E-state index in [-0.39, 0.29) is 12.7 Å². The van der Waals surface area contributed by atoms with E-state index in [1.54, 1.807) is 0 Å². The van der Waals surface area contributed by atoms with Crippen LogP contribution in [0.1, 0.15) is 53.7 Å². The van der Waals surface area contributed by atoms with Crippen LogP contribution in [0.2, 0.25) is 0 Å². The minimum atomic E-state index is -0.357. The zero-order chi connectivity index (χ0) is 16.9. The molecule has 1 aliphatic heterocycles. The Labute approximate surface area is 145 Å². The van der Waals surface area contributed by atoms with Crippen LogP contribution in [0, 0.1) is 23.6 Å². The van der Waals surface area contributed by atoms with Crippen LogP contribution in [-0.4, -0.2) is 34.8 Å². The van der Waals surface area contributed by atoms with E-state index in [1.165, 1.54) is 18.8 Å². The smallest absolute Gasteiger partial charge is 0.159 e. The molecular formula is C19H30FN3O. The van der Waals surface area contributed by atoms with Crippen molar-refractivity contribution in [3.8, 4) is 0 Å². The topological polar surface area (TPSA) is 47.0 Å². The maximum atomic E-state index is 13.1. The van der Waals surface area contributed by atoms with Gasteiger partial charge in [0, 0.05) is 18.9 Å². The van der Waals surface area contributed by atoms with Crippen LogP contribution < -0.4 is 5.32 Å². The first kappa shape index (κ1) is 16.4. The third-order valence-corrected chi connectivity index (χ3v) is 6.82. The third-order valence-electron chi connectivity index (χ3n) is 6.82. The van der Waals surface area contributed by atoms with Crippen molar-refractivity contribution in [2.45, 2.75) is 70.1 Å². The molecular weight excluding hydrogens is 305 g/mol. The van der Waals surface area contributed by atoms with Crippen molar-refractivity contribution < 1.29 is 10.6 Å². The van der Waals surface area contributed by atoms with Gasteiger partial charge in [-0.2, -0.15) is 0 Å². The first-order chi connectivity index (χ1) is 11.5. The Bertz CT molecular complexity index is 601. The van der Waals surface area contributed by atoms with Crippen LogP contribution in [0.3, 0.4) is 0 Å². The lowest BCUT2D eigenvalue weighted by atomic mass is 9.85. The molecule has 1 N–H and O–H groups in total. The average Bonchev–Trinajstić information content (AvgIpc) is 3.02. The van der Waals surface area contributed by atoms with Gasteiger partial charge >= 0.3 is 0 Å². The molecule has 2 heterocycles.